The Morgan fingerprint density at radius 2 is 2.00 bits per heavy atom. The molecule has 158 valence electrons. The minimum Gasteiger partial charge on any atom is -0.375 e. The third-order valence-corrected chi connectivity index (χ3v) is 6.93. The molecular weight excluding hydrogens is 402 g/mol. The summed E-state index contributed by atoms with van der Waals surface area (Å²) in [6.45, 7) is 1.74. The molecule has 1 aromatic rings. The van der Waals surface area contributed by atoms with E-state index in [0.29, 0.717) is 34.7 Å². The third kappa shape index (κ3) is 2.97. The Morgan fingerprint density at radius 1 is 1.27 bits per heavy atom. The second-order valence-corrected chi connectivity index (χ2v) is 8.85. The van der Waals surface area contributed by atoms with Gasteiger partial charge in [0.2, 0.25) is 5.91 Å². The van der Waals surface area contributed by atoms with Crippen LogP contribution in [-0.2, 0) is 20.0 Å². The van der Waals surface area contributed by atoms with Gasteiger partial charge >= 0.3 is 0 Å². The molecule has 1 aliphatic carbocycles. The Morgan fingerprint density at radius 3 is 2.67 bits per heavy atom. The normalized spacial score (nSPS) is 31.6. The molecule has 0 saturated carbocycles. The number of hydrogen-bond donors (Lipinski definition) is 3. The van der Waals surface area contributed by atoms with E-state index in [0.717, 1.165) is 0 Å². The van der Waals surface area contributed by atoms with Crippen LogP contribution in [0.4, 0.5) is 5.69 Å². The molecule has 3 aliphatic rings. The summed E-state index contributed by atoms with van der Waals surface area (Å²) in [6.07, 6.45) is 5.66. The van der Waals surface area contributed by atoms with E-state index in [4.69, 9.17) is 0 Å². The molecule has 1 aromatic carbocycles. The summed E-state index contributed by atoms with van der Waals surface area (Å²) in [4.78, 5) is 39.8. The molecule has 2 aliphatic heterocycles. The lowest BCUT2D eigenvalue weighted by Crippen LogP contribution is -2.63. The predicted molar refractivity (Wildman–Crippen MR) is 116 cm³/mol. The minimum absolute atomic E-state index is 0.115. The van der Waals surface area contributed by atoms with E-state index in [9.17, 15) is 19.5 Å². The van der Waals surface area contributed by atoms with E-state index in [1.807, 2.05) is 12.3 Å². The molecule has 0 spiro atoms. The van der Waals surface area contributed by atoms with Crippen LogP contribution in [-0.4, -0.2) is 53.8 Å². The Bertz CT molecular complexity index is 988. The number of fused-ring (bicyclic) bond motifs is 1. The largest absolute Gasteiger partial charge is 0.375 e. The maximum Gasteiger partial charge on any atom is 0.263 e. The number of allylic oxidation sites excluding steroid dienone is 3. The van der Waals surface area contributed by atoms with Crippen LogP contribution in [0, 0.1) is 5.92 Å². The molecule has 2 heterocycles. The fourth-order valence-corrected chi connectivity index (χ4v) is 5.15. The van der Waals surface area contributed by atoms with Gasteiger partial charge in [-0.2, -0.15) is 11.8 Å². The number of thioether (sulfide) groups is 1. The van der Waals surface area contributed by atoms with Crippen molar-refractivity contribution >= 4 is 35.0 Å². The van der Waals surface area contributed by atoms with Gasteiger partial charge in [-0.05, 0) is 24.8 Å². The van der Waals surface area contributed by atoms with E-state index in [1.165, 1.54) is 22.7 Å². The predicted octanol–water partition coefficient (Wildman–Crippen LogP) is 1.09. The molecule has 4 unspecified atom stereocenters. The highest BCUT2D eigenvalue weighted by Crippen LogP contribution is 2.46. The highest BCUT2D eigenvalue weighted by atomic mass is 32.2. The molecule has 2 amide bonds. The zero-order valence-electron chi connectivity index (χ0n) is 17.1. The number of aliphatic hydroxyl groups is 1. The molecule has 1 saturated heterocycles. The summed E-state index contributed by atoms with van der Waals surface area (Å²) in [5, 5.41) is 17.9. The number of carbonyl (C=O) groups excluding carboxylic acids is 3. The van der Waals surface area contributed by atoms with Gasteiger partial charge in [-0.25, -0.2) is 0 Å². The maximum absolute atomic E-state index is 13.2. The van der Waals surface area contributed by atoms with Crippen molar-refractivity contribution in [1.82, 2.24) is 10.6 Å². The Labute approximate surface area is 179 Å². The second-order valence-electron chi connectivity index (χ2n) is 7.94. The van der Waals surface area contributed by atoms with Crippen LogP contribution in [0.5, 0.6) is 0 Å². The van der Waals surface area contributed by atoms with Crippen molar-refractivity contribution < 1.29 is 19.5 Å². The van der Waals surface area contributed by atoms with Crippen LogP contribution in [0.1, 0.15) is 18.9 Å². The lowest BCUT2D eigenvalue weighted by atomic mass is 9.76. The van der Waals surface area contributed by atoms with Crippen molar-refractivity contribution in [2.45, 2.75) is 31.0 Å². The summed E-state index contributed by atoms with van der Waals surface area (Å²) in [7, 11) is 1.63. The SMILES string of the molecule is CSCC1NC(=C2CC=CC2=O)C(C(C)C2(O)C(=O)N(C)c3ccccc32)NC1=O. The molecule has 30 heavy (non-hydrogen) atoms. The summed E-state index contributed by atoms with van der Waals surface area (Å²) in [6, 6.07) is 5.92. The number of nitrogens with zero attached hydrogens (tertiary/aromatic N) is 1. The fraction of sp³-hybridized carbons (Fsp3) is 0.409. The number of ketones is 1. The number of hydrogen-bond acceptors (Lipinski definition) is 6. The van der Waals surface area contributed by atoms with Crippen molar-refractivity contribution in [2.75, 3.05) is 24.0 Å². The lowest BCUT2D eigenvalue weighted by molar-refractivity contribution is -0.144. The summed E-state index contributed by atoms with van der Waals surface area (Å²) in [5.74, 6) is -0.939. The van der Waals surface area contributed by atoms with Crippen molar-refractivity contribution in [3.63, 3.8) is 0 Å². The first-order valence-corrected chi connectivity index (χ1v) is 11.3. The summed E-state index contributed by atoms with van der Waals surface area (Å²) in [5.41, 5.74) is 0.474. The van der Waals surface area contributed by atoms with Crippen LogP contribution < -0.4 is 15.5 Å². The van der Waals surface area contributed by atoms with Gasteiger partial charge in [0.25, 0.3) is 5.91 Å². The van der Waals surface area contributed by atoms with Crippen LogP contribution in [0.3, 0.4) is 0 Å². The number of para-hydroxylation sites is 1. The van der Waals surface area contributed by atoms with E-state index in [2.05, 4.69) is 10.6 Å². The van der Waals surface area contributed by atoms with Gasteiger partial charge in [-0.15, -0.1) is 0 Å². The number of anilines is 1. The zero-order valence-corrected chi connectivity index (χ0v) is 18.0. The second kappa shape index (κ2) is 7.59. The fourth-order valence-electron chi connectivity index (χ4n) is 4.58. The van der Waals surface area contributed by atoms with Crippen molar-refractivity contribution in [2.24, 2.45) is 5.92 Å². The quantitative estimate of drug-likeness (QED) is 0.623. The maximum atomic E-state index is 13.2. The zero-order chi connectivity index (χ0) is 21.6. The van der Waals surface area contributed by atoms with Gasteiger partial charge in [0.15, 0.2) is 11.4 Å². The molecule has 4 rings (SSSR count). The first-order valence-electron chi connectivity index (χ1n) is 9.90. The minimum atomic E-state index is -1.82. The number of benzene rings is 1. The van der Waals surface area contributed by atoms with Crippen LogP contribution >= 0.6 is 11.8 Å². The Balaban J connectivity index is 1.78. The average Bonchev–Trinajstić information content (AvgIpc) is 3.25. The highest BCUT2D eigenvalue weighted by molar-refractivity contribution is 7.98. The van der Waals surface area contributed by atoms with E-state index >= 15 is 0 Å². The standard InChI is InChI=1S/C22H25N3O4S/c1-12(22(29)14-8-4-5-9-16(14)25(2)21(22)28)18-19(13-7-6-10-17(13)26)23-15(11-30-3)20(27)24-18/h4-6,8-10,12,15,18,23,29H,7,11H2,1-3H3,(H,24,27). The molecule has 3 N–H and O–H groups in total. The summed E-state index contributed by atoms with van der Waals surface area (Å²) >= 11 is 1.53. The van der Waals surface area contributed by atoms with Gasteiger partial charge in [0.05, 0.1) is 11.7 Å². The number of likely N-dealkylation sites (N-methyl/N-ethyl adjacent to an activating group) is 1. The van der Waals surface area contributed by atoms with Crippen LogP contribution in [0.25, 0.3) is 0 Å². The summed E-state index contributed by atoms with van der Waals surface area (Å²) < 4.78 is 0. The lowest BCUT2D eigenvalue weighted by Gasteiger charge is -2.41. The molecule has 7 nitrogen and oxygen atoms in total. The highest BCUT2D eigenvalue weighted by Gasteiger charge is 2.56. The van der Waals surface area contributed by atoms with Gasteiger partial charge in [-0.1, -0.05) is 31.2 Å². The topological polar surface area (TPSA) is 98.7 Å². The van der Waals surface area contributed by atoms with E-state index in [-0.39, 0.29) is 11.7 Å². The van der Waals surface area contributed by atoms with Crippen LogP contribution in [0.15, 0.2) is 47.7 Å². The van der Waals surface area contributed by atoms with Gasteiger partial charge in [-0.3, -0.25) is 14.4 Å². The molecule has 0 bridgehead atoms. The third-order valence-electron chi connectivity index (χ3n) is 6.27. The molecular formula is C22H25N3O4S. The van der Waals surface area contributed by atoms with Crippen molar-refractivity contribution in [1.29, 1.82) is 0 Å². The number of carbonyl (C=O) groups is 3. The van der Waals surface area contributed by atoms with E-state index in [1.54, 1.807) is 38.2 Å². The van der Waals surface area contributed by atoms with Gasteiger partial charge in [0, 0.05) is 35.6 Å². The first-order chi connectivity index (χ1) is 14.3. The van der Waals surface area contributed by atoms with Gasteiger partial charge < -0.3 is 20.6 Å². The molecule has 4 atom stereocenters. The molecule has 0 radical (unpaired) electrons. The average molecular weight is 428 g/mol. The van der Waals surface area contributed by atoms with E-state index < -0.39 is 29.5 Å². The van der Waals surface area contributed by atoms with Crippen molar-refractivity contribution in [3.8, 4) is 0 Å². The molecule has 8 heteroatoms. The number of piperazine rings is 1. The van der Waals surface area contributed by atoms with Crippen molar-refractivity contribution in [3.05, 3.63) is 53.3 Å². The first kappa shape index (κ1) is 20.7. The van der Waals surface area contributed by atoms with Gasteiger partial charge in [0.1, 0.15) is 6.04 Å². The Kier molecular flexibility index (Phi) is 5.23. The number of amides is 2. The molecule has 1 fully saturated rings. The van der Waals surface area contributed by atoms with Crippen LogP contribution in [0.2, 0.25) is 0 Å². The number of nitrogens with one attached hydrogen (secondary N) is 2. The Hall–Kier alpha value is -2.58. The molecule has 0 aromatic heterocycles. The smallest absolute Gasteiger partial charge is 0.263 e. The number of rotatable bonds is 4. The monoisotopic (exact) mass is 427 g/mol.